The number of benzene rings is 1. The first-order valence-electron chi connectivity index (χ1n) is 5.58. The monoisotopic (exact) mass is 270 g/mol. The average molecular weight is 270 g/mol. The predicted octanol–water partition coefficient (Wildman–Crippen LogP) is 1.06. The van der Waals surface area contributed by atoms with Crippen molar-refractivity contribution < 1.29 is 28.8 Å². The van der Waals surface area contributed by atoms with Crippen LogP contribution in [0.2, 0.25) is 0 Å². The van der Waals surface area contributed by atoms with E-state index in [1.807, 2.05) is 0 Å². The average Bonchev–Trinajstić information content (AvgIpc) is 2.44. The summed E-state index contributed by atoms with van der Waals surface area (Å²) in [7, 11) is 5.68. The van der Waals surface area contributed by atoms with E-state index in [4.69, 9.17) is 14.2 Å². The van der Waals surface area contributed by atoms with E-state index in [2.05, 4.69) is 4.74 Å². The maximum atomic E-state index is 11.5. The van der Waals surface area contributed by atoms with E-state index in [9.17, 15) is 9.90 Å². The van der Waals surface area contributed by atoms with Crippen LogP contribution >= 0.6 is 0 Å². The fraction of sp³-hybridized carbons (Fsp3) is 0.462. The summed E-state index contributed by atoms with van der Waals surface area (Å²) in [6.45, 7) is 0.205. The number of methoxy groups -OCH3 is 4. The highest BCUT2D eigenvalue weighted by atomic mass is 16.5. The maximum Gasteiger partial charge on any atom is 0.339 e. The van der Waals surface area contributed by atoms with E-state index in [0.717, 1.165) is 0 Å². The van der Waals surface area contributed by atoms with Crippen molar-refractivity contribution in [2.24, 2.45) is 0 Å². The fourth-order valence-electron chi connectivity index (χ4n) is 1.76. The van der Waals surface area contributed by atoms with Gasteiger partial charge in [0.2, 0.25) is 0 Å². The van der Waals surface area contributed by atoms with Gasteiger partial charge in [-0.2, -0.15) is 0 Å². The summed E-state index contributed by atoms with van der Waals surface area (Å²) >= 11 is 0. The third-order valence-corrected chi connectivity index (χ3v) is 2.65. The summed E-state index contributed by atoms with van der Waals surface area (Å²) in [5.74, 6) is 0.120. The molecule has 1 rings (SSSR count). The van der Waals surface area contributed by atoms with Gasteiger partial charge in [0.1, 0.15) is 11.5 Å². The van der Waals surface area contributed by atoms with Gasteiger partial charge in [0.05, 0.1) is 27.9 Å². The van der Waals surface area contributed by atoms with Gasteiger partial charge in [-0.3, -0.25) is 0 Å². The topological polar surface area (TPSA) is 74.2 Å². The molecule has 0 aliphatic rings. The first kappa shape index (κ1) is 15.3. The van der Waals surface area contributed by atoms with Crippen LogP contribution in [-0.2, 0) is 20.9 Å². The van der Waals surface area contributed by atoms with Crippen molar-refractivity contribution in [3.05, 3.63) is 23.3 Å². The molecule has 106 valence electrons. The normalized spacial score (nSPS) is 11.8. The molecule has 0 aromatic heterocycles. The lowest BCUT2D eigenvalue weighted by Gasteiger charge is -2.18. The lowest BCUT2D eigenvalue weighted by Crippen LogP contribution is -2.17. The molecule has 0 bridgehead atoms. The van der Waals surface area contributed by atoms with Crippen LogP contribution in [0.15, 0.2) is 12.1 Å². The number of hydrogen-bond donors (Lipinski definition) is 1. The number of esters is 1. The number of carbonyl (C=O) groups excluding carboxylic acids is 1. The summed E-state index contributed by atoms with van der Waals surface area (Å²) in [6.07, 6.45) is -1.43. The zero-order valence-electron chi connectivity index (χ0n) is 11.4. The predicted molar refractivity (Wildman–Crippen MR) is 67.2 cm³/mol. The van der Waals surface area contributed by atoms with Gasteiger partial charge in [0.25, 0.3) is 0 Å². The molecular formula is C13H18O6. The molecule has 0 fully saturated rings. The molecule has 0 radical (unpaired) electrons. The Kier molecular flexibility index (Phi) is 5.59. The Hall–Kier alpha value is -1.79. The fourth-order valence-corrected chi connectivity index (χ4v) is 1.76. The molecule has 1 atom stereocenters. The molecule has 0 aliphatic carbocycles. The Morgan fingerprint density at radius 1 is 1.21 bits per heavy atom. The van der Waals surface area contributed by atoms with Crippen LogP contribution in [0.3, 0.4) is 0 Å². The highest BCUT2D eigenvalue weighted by Crippen LogP contribution is 2.34. The van der Waals surface area contributed by atoms with Crippen LogP contribution in [0.1, 0.15) is 17.2 Å². The molecule has 0 spiro atoms. The minimum atomic E-state index is -1.43. The quantitative estimate of drug-likeness (QED) is 0.779. The molecule has 0 amide bonds. The molecule has 0 heterocycles. The van der Waals surface area contributed by atoms with E-state index >= 15 is 0 Å². The number of carbonyl (C=O) groups is 1. The van der Waals surface area contributed by atoms with Crippen molar-refractivity contribution in [1.82, 2.24) is 0 Å². The van der Waals surface area contributed by atoms with Crippen molar-refractivity contribution in [3.63, 3.8) is 0 Å². The zero-order valence-corrected chi connectivity index (χ0v) is 11.4. The van der Waals surface area contributed by atoms with Crippen LogP contribution < -0.4 is 9.47 Å². The highest BCUT2D eigenvalue weighted by molar-refractivity contribution is 5.78. The summed E-state index contributed by atoms with van der Waals surface area (Å²) < 4.78 is 19.9. The van der Waals surface area contributed by atoms with Crippen molar-refractivity contribution in [2.75, 3.05) is 28.4 Å². The second-order valence-electron chi connectivity index (χ2n) is 3.76. The SMILES string of the molecule is COCc1cc(OC)cc(OC)c1C(O)C(=O)OC. The van der Waals surface area contributed by atoms with Crippen LogP contribution in [0.25, 0.3) is 0 Å². The zero-order chi connectivity index (χ0) is 14.4. The van der Waals surface area contributed by atoms with Crippen LogP contribution in [0, 0.1) is 0 Å². The van der Waals surface area contributed by atoms with E-state index in [1.54, 1.807) is 12.1 Å². The lowest BCUT2D eigenvalue weighted by atomic mass is 10.0. The van der Waals surface area contributed by atoms with Gasteiger partial charge in [0.15, 0.2) is 6.10 Å². The first-order valence-corrected chi connectivity index (χ1v) is 5.58. The van der Waals surface area contributed by atoms with Gasteiger partial charge >= 0.3 is 5.97 Å². The molecule has 0 saturated carbocycles. The molecule has 0 saturated heterocycles. The molecule has 1 aromatic rings. The molecular weight excluding hydrogens is 252 g/mol. The van der Waals surface area contributed by atoms with Gasteiger partial charge in [0, 0.05) is 18.7 Å². The van der Waals surface area contributed by atoms with E-state index in [0.29, 0.717) is 22.6 Å². The number of ether oxygens (including phenoxy) is 4. The summed E-state index contributed by atoms with van der Waals surface area (Å²) in [6, 6.07) is 3.26. The van der Waals surface area contributed by atoms with Gasteiger partial charge in [-0.15, -0.1) is 0 Å². The van der Waals surface area contributed by atoms with Crippen LogP contribution in [0.4, 0.5) is 0 Å². The van der Waals surface area contributed by atoms with Crippen molar-refractivity contribution >= 4 is 5.97 Å². The Morgan fingerprint density at radius 2 is 1.89 bits per heavy atom. The number of aliphatic hydroxyl groups excluding tert-OH is 1. The lowest BCUT2D eigenvalue weighted by molar-refractivity contribution is -0.150. The van der Waals surface area contributed by atoms with Gasteiger partial charge in [-0.25, -0.2) is 4.79 Å². The number of aliphatic hydroxyl groups is 1. The molecule has 1 aromatic carbocycles. The van der Waals surface area contributed by atoms with Crippen molar-refractivity contribution in [3.8, 4) is 11.5 Å². The Morgan fingerprint density at radius 3 is 2.37 bits per heavy atom. The van der Waals surface area contributed by atoms with Crippen LogP contribution in [-0.4, -0.2) is 39.5 Å². The minimum Gasteiger partial charge on any atom is -0.497 e. The maximum absolute atomic E-state index is 11.5. The molecule has 6 nitrogen and oxygen atoms in total. The standard InChI is InChI=1S/C13H18O6/c1-16-7-8-5-9(17-2)6-10(18-3)11(8)12(14)13(15)19-4/h5-6,12,14H,7H2,1-4H3. The van der Waals surface area contributed by atoms with E-state index < -0.39 is 12.1 Å². The third kappa shape index (κ3) is 3.36. The van der Waals surface area contributed by atoms with E-state index in [-0.39, 0.29) is 6.61 Å². The summed E-state index contributed by atoms with van der Waals surface area (Å²) in [5.41, 5.74) is 0.911. The van der Waals surface area contributed by atoms with E-state index in [1.165, 1.54) is 28.4 Å². The second-order valence-corrected chi connectivity index (χ2v) is 3.76. The summed E-state index contributed by atoms with van der Waals surface area (Å²) in [4.78, 5) is 11.5. The molecule has 19 heavy (non-hydrogen) atoms. The molecule has 0 aliphatic heterocycles. The number of hydrogen-bond acceptors (Lipinski definition) is 6. The molecule has 1 N–H and O–H groups in total. The molecule has 6 heteroatoms. The van der Waals surface area contributed by atoms with Crippen molar-refractivity contribution in [2.45, 2.75) is 12.7 Å². The van der Waals surface area contributed by atoms with Gasteiger partial charge in [-0.1, -0.05) is 0 Å². The third-order valence-electron chi connectivity index (χ3n) is 2.65. The Labute approximate surface area is 111 Å². The highest BCUT2D eigenvalue weighted by Gasteiger charge is 2.26. The van der Waals surface area contributed by atoms with Gasteiger partial charge < -0.3 is 24.1 Å². The first-order chi connectivity index (χ1) is 9.08. The van der Waals surface area contributed by atoms with Crippen LogP contribution in [0.5, 0.6) is 11.5 Å². The number of rotatable bonds is 6. The summed E-state index contributed by atoms with van der Waals surface area (Å²) in [5, 5.41) is 10.0. The molecule has 1 unspecified atom stereocenters. The Bertz CT molecular complexity index is 443. The Balaban J connectivity index is 3.35. The minimum absolute atomic E-state index is 0.205. The van der Waals surface area contributed by atoms with Gasteiger partial charge in [-0.05, 0) is 11.6 Å². The second kappa shape index (κ2) is 6.96. The largest absolute Gasteiger partial charge is 0.497 e. The van der Waals surface area contributed by atoms with Crippen molar-refractivity contribution in [1.29, 1.82) is 0 Å². The smallest absolute Gasteiger partial charge is 0.339 e.